The summed E-state index contributed by atoms with van der Waals surface area (Å²) in [4.78, 5) is 11.3. The van der Waals surface area contributed by atoms with Gasteiger partial charge in [0.2, 0.25) is 5.91 Å². The van der Waals surface area contributed by atoms with Crippen LogP contribution in [0.5, 0.6) is 0 Å². The highest BCUT2D eigenvalue weighted by molar-refractivity contribution is 7.91. The van der Waals surface area contributed by atoms with E-state index < -0.39 is 15.9 Å². The molecular formula is C9H13ClN2O4S2. The average Bonchev–Trinajstić information content (AvgIpc) is 2.75. The summed E-state index contributed by atoms with van der Waals surface area (Å²) in [5, 5.41) is 2.50. The number of sulfonamides is 1. The van der Waals surface area contributed by atoms with E-state index in [9.17, 15) is 13.2 Å². The quantitative estimate of drug-likeness (QED) is 0.716. The largest absolute Gasteiger partial charge is 0.383 e. The van der Waals surface area contributed by atoms with Gasteiger partial charge in [-0.15, -0.1) is 11.3 Å². The molecule has 0 aromatic carbocycles. The van der Waals surface area contributed by atoms with Crippen LogP contribution in [0, 0.1) is 0 Å². The van der Waals surface area contributed by atoms with E-state index in [1.54, 1.807) is 0 Å². The molecule has 1 aromatic heterocycles. The van der Waals surface area contributed by atoms with Gasteiger partial charge in [0.15, 0.2) is 0 Å². The Morgan fingerprint density at radius 3 is 2.78 bits per heavy atom. The van der Waals surface area contributed by atoms with Crippen LogP contribution in [0.2, 0.25) is 4.34 Å². The molecule has 0 saturated carbocycles. The van der Waals surface area contributed by atoms with E-state index in [0.717, 1.165) is 11.3 Å². The highest BCUT2D eigenvalue weighted by Gasteiger charge is 2.17. The Kier molecular flexibility index (Phi) is 6.03. The van der Waals surface area contributed by atoms with Crippen molar-refractivity contribution in [3.63, 3.8) is 0 Å². The van der Waals surface area contributed by atoms with Gasteiger partial charge in [0, 0.05) is 13.7 Å². The van der Waals surface area contributed by atoms with Crippen molar-refractivity contribution in [2.75, 3.05) is 26.8 Å². The fraction of sp³-hybridized carbons (Fsp3) is 0.444. The predicted octanol–water partition coefficient (Wildman–Crippen LogP) is 0.442. The molecule has 6 nitrogen and oxygen atoms in total. The zero-order valence-electron chi connectivity index (χ0n) is 9.60. The molecule has 1 heterocycles. The molecule has 2 N–H and O–H groups in total. The van der Waals surface area contributed by atoms with Gasteiger partial charge in [-0.05, 0) is 12.1 Å². The van der Waals surface area contributed by atoms with Gasteiger partial charge in [-0.1, -0.05) is 11.6 Å². The number of hydrogen-bond acceptors (Lipinski definition) is 5. The second kappa shape index (κ2) is 7.05. The first-order valence-electron chi connectivity index (χ1n) is 4.96. The van der Waals surface area contributed by atoms with E-state index in [1.807, 2.05) is 0 Å². The molecule has 0 aliphatic rings. The standard InChI is InChI=1S/C9H13ClN2O4S2/c1-16-5-4-11-8(13)6-12-18(14,15)9-3-2-7(10)17-9/h2-3,12H,4-6H2,1H3,(H,11,13). The van der Waals surface area contributed by atoms with E-state index in [4.69, 9.17) is 16.3 Å². The van der Waals surface area contributed by atoms with Crippen LogP contribution in [-0.4, -0.2) is 41.1 Å². The molecule has 0 radical (unpaired) electrons. The topological polar surface area (TPSA) is 84.5 Å². The first kappa shape index (κ1) is 15.4. The summed E-state index contributed by atoms with van der Waals surface area (Å²) in [5.41, 5.74) is 0. The SMILES string of the molecule is COCCNC(=O)CNS(=O)(=O)c1ccc(Cl)s1. The second-order valence-electron chi connectivity index (χ2n) is 3.23. The van der Waals surface area contributed by atoms with Gasteiger partial charge in [0.1, 0.15) is 4.21 Å². The third-order valence-corrected chi connectivity index (χ3v) is 4.99. The molecule has 0 unspecified atom stereocenters. The van der Waals surface area contributed by atoms with Crippen LogP contribution < -0.4 is 10.0 Å². The smallest absolute Gasteiger partial charge is 0.250 e. The monoisotopic (exact) mass is 312 g/mol. The van der Waals surface area contributed by atoms with Crippen LogP contribution in [0.1, 0.15) is 0 Å². The van der Waals surface area contributed by atoms with Gasteiger partial charge < -0.3 is 10.1 Å². The first-order chi connectivity index (χ1) is 8.45. The highest BCUT2D eigenvalue weighted by Crippen LogP contribution is 2.24. The molecule has 9 heteroatoms. The summed E-state index contributed by atoms with van der Waals surface area (Å²) in [7, 11) is -2.16. The van der Waals surface area contributed by atoms with Crippen LogP contribution in [0.15, 0.2) is 16.3 Å². The molecule has 1 aromatic rings. The van der Waals surface area contributed by atoms with Gasteiger partial charge in [0.05, 0.1) is 17.5 Å². The van der Waals surface area contributed by atoms with Crippen LogP contribution in [0.25, 0.3) is 0 Å². The lowest BCUT2D eigenvalue weighted by atomic mass is 10.6. The number of methoxy groups -OCH3 is 1. The molecule has 0 spiro atoms. The first-order valence-corrected chi connectivity index (χ1v) is 7.64. The highest BCUT2D eigenvalue weighted by atomic mass is 35.5. The Morgan fingerprint density at radius 1 is 1.50 bits per heavy atom. The minimum absolute atomic E-state index is 0.0807. The van der Waals surface area contributed by atoms with Crippen molar-refractivity contribution in [3.8, 4) is 0 Å². The van der Waals surface area contributed by atoms with Crippen molar-refractivity contribution in [3.05, 3.63) is 16.5 Å². The van der Waals surface area contributed by atoms with Gasteiger partial charge in [-0.2, -0.15) is 0 Å². The molecule has 0 aliphatic carbocycles. The molecule has 0 bridgehead atoms. The van der Waals surface area contributed by atoms with Gasteiger partial charge in [-0.3, -0.25) is 4.79 Å². The van der Waals surface area contributed by atoms with Crippen molar-refractivity contribution in [1.82, 2.24) is 10.0 Å². The number of carbonyl (C=O) groups excluding carboxylic acids is 1. The molecule has 1 amide bonds. The average molecular weight is 313 g/mol. The third-order valence-electron chi connectivity index (χ3n) is 1.86. The number of nitrogens with one attached hydrogen (secondary N) is 2. The van der Waals surface area contributed by atoms with E-state index in [0.29, 0.717) is 17.5 Å². The molecular weight excluding hydrogens is 300 g/mol. The van der Waals surface area contributed by atoms with Crippen molar-refractivity contribution in [2.24, 2.45) is 0 Å². The molecule has 0 fully saturated rings. The number of thiophene rings is 1. The summed E-state index contributed by atoms with van der Waals surface area (Å²) >= 11 is 6.58. The molecule has 0 atom stereocenters. The lowest BCUT2D eigenvalue weighted by molar-refractivity contribution is -0.120. The predicted molar refractivity (Wildman–Crippen MR) is 69.4 cm³/mol. The van der Waals surface area contributed by atoms with Gasteiger partial charge in [-0.25, -0.2) is 13.1 Å². The maximum absolute atomic E-state index is 11.7. The summed E-state index contributed by atoms with van der Waals surface area (Å²) in [6, 6.07) is 2.87. The fourth-order valence-electron chi connectivity index (χ4n) is 1.03. The Morgan fingerprint density at radius 2 is 2.22 bits per heavy atom. The maximum Gasteiger partial charge on any atom is 0.250 e. The Balaban J connectivity index is 2.45. The minimum Gasteiger partial charge on any atom is -0.383 e. The lowest BCUT2D eigenvalue weighted by Crippen LogP contribution is -2.37. The summed E-state index contributed by atoms with van der Waals surface area (Å²) < 4.78 is 30.8. The van der Waals surface area contributed by atoms with Crippen LogP contribution >= 0.6 is 22.9 Å². The van der Waals surface area contributed by atoms with Crippen molar-refractivity contribution in [2.45, 2.75) is 4.21 Å². The van der Waals surface area contributed by atoms with E-state index in [1.165, 1.54) is 19.2 Å². The minimum atomic E-state index is -3.67. The number of ether oxygens (including phenoxy) is 1. The van der Waals surface area contributed by atoms with Crippen molar-refractivity contribution >= 4 is 38.9 Å². The summed E-state index contributed by atoms with van der Waals surface area (Å²) in [6.07, 6.45) is 0. The second-order valence-corrected chi connectivity index (χ2v) is 6.93. The van der Waals surface area contributed by atoms with Crippen LogP contribution in [-0.2, 0) is 19.6 Å². The summed E-state index contributed by atoms with van der Waals surface area (Å²) in [5.74, 6) is -0.418. The number of amides is 1. The van der Waals surface area contributed by atoms with Crippen LogP contribution in [0.3, 0.4) is 0 Å². The number of hydrogen-bond donors (Lipinski definition) is 2. The van der Waals surface area contributed by atoms with Crippen molar-refractivity contribution < 1.29 is 17.9 Å². The molecule has 0 aliphatic heterocycles. The lowest BCUT2D eigenvalue weighted by Gasteiger charge is -2.06. The fourth-order valence-corrected chi connectivity index (χ4v) is 3.54. The Hall–Kier alpha value is -0.670. The van der Waals surface area contributed by atoms with Crippen molar-refractivity contribution in [1.29, 1.82) is 0 Å². The van der Waals surface area contributed by atoms with E-state index in [-0.39, 0.29) is 10.8 Å². The van der Waals surface area contributed by atoms with Gasteiger partial charge in [0.25, 0.3) is 10.0 Å². The number of rotatable bonds is 7. The molecule has 18 heavy (non-hydrogen) atoms. The zero-order valence-corrected chi connectivity index (χ0v) is 12.0. The number of carbonyl (C=O) groups is 1. The third kappa shape index (κ3) is 4.91. The van der Waals surface area contributed by atoms with Crippen LogP contribution in [0.4, 0.5) is 0 Å². The zero-order chi connectivity index (χ0) is 13.6. The van der Waals surface area contributed by atoms with E-state index >= 15 is 0 Å². The molecule has 1 rings (SSSR count). The Labute approximate surface area is 114 Å². The normalized spacial score (nSPS) is 11.4. The molecule has 0 saturated heterocycles. The van der Waals surface area contributed by atoms with E-state index in [2.05, 4.69) is 10.0 Å². The number of halogens is 1. The maximum atomic E-state index is 11.7. The summed E-state index contributed by atoms with van der Waals surface area (Å²) in [6.45, 7) is 0.391. The Bertz CT molecular complexity index is 500. The van der Waals surface area contributed by atoms with Gasteiger partial charge >= 0.3 is 0 Å². The molecule has 102 valence electrons.